The van der Waals surface area contributed by atoms with Gasteiger partial charge in [0.05, 0.1) is 0 Å². The molecule has 2 unspecified atom stereocenters. The molecule has 0 aliphatic heterocycles. The average molecular weight is 212 g/mol. The van der Waals surface area contributed by atoms with Crippen LogP contribution in [0, 0.1) is 5.92 Å². The van der Waals surface area contributed by atoms with E-state index in [1.54, 1.807) is 0 Å². The number of allylic oxidation sites excluding steroid dienone is 1. The highest BCUT2D eigenvalue weighted by Crippen LogP contribution is 2.40. The monoisotopic (exact) mass is 212 g/mol. The zero-order valence-electron chi connectivity index (χ0n) is 9.36. The van der Waals surface area contributed by atoms with E-state index < -0.39 is 0 Å². The SMILES string of the molecule is O=C1CCCCC1C1C=Cc2ccccc21. The molecule has 0 saturated heterocycles. The van der Waals surface area contributed by atoms with E-state index in [0.29, 0.717) is 11.7 Å². The van der Waals surface area contributed by atoms with Gasteiger partial charge in [0.25, 0.3) is 0 Å². The Hall–Kier alpha value is -1.37. The predicted molar refractivity (Wildman–Crippen MR) is 65.2 cm³/mol. The summed E-state index contributed by atoms with van der Waals surface area (Å²) >= 11 is 0. The summed E-state index contributed by atoms with van der Waals surface area (Å²) in [6.45, 7) is 0. The summed E-state index contributed by atoms with van der Waals surface area (Å²) in [5, 5.41) is 0. The molecule has 2 atom stereocenters. The van der Waals surface area contributed by atoms with E-state index in [9.17, 15) is 4.79 Å². The molecule has 0 bridgehead atoms. The quantitative estimate of drug-likeness (QED) is 0.695. The van der Waals surface area contributed by atoms with E-state index in [0.717, 1.165) is 19.3 Å². The minimum absolute atomic E-state index is 0.244. The van der Waals surface area contributed by atoms with Crippen LogP contribution in [0.1, 0.15) is 42.7 Å². The fourth-order valence-corrected chi connectivity index (χ4v) is 3.02. The number of carbonyl (C=O) groups is 1. The summed E-state index contributed by atoms with van der Waals surface area (Å²) in [6.07, 6.45) is 8.55. The third kappa shape index (κ3) is 1.51. The van der Waals surface area contributed by atoms with Crippen LogP contribution < -0.4 is 0 Å². The number of hydrogen-bond acceptors (Lipinski definition) is 1. The first-order valence-electron chi connectivity index (χ1n) is 6.16. The van der Waals surface area contributed by atoms with Crippen LogP contribution in [0.2, 0.25) is 0 Å². The van der Waals surface area contributed by atoms with Crippen LogP contribution in [-0.2, 0) is 4.79 Å². The molecule has 0 aromatic heterocycles. The van der Waals surface area contributed by atoms with Crippen molar-refractivity contribution in [1.82, 2.24) is 0 Å². The normalized spacial score (nSPS) is 28.1. The molecule has 0 N–H and O–H groups in total. The van der Waals surface area contributed by atoms with Crippen molar-refractivity contribution in [3.05, 3.63) is 41.5 Å². The number of fused-ring (bicyclic) bond motifs is 1. The largest absolute Gasteiger partial charge is 0.299 e. The number of hydrogen-bond donors (Lipinski definition) is 0. The third-order valence-corrected chi connectivity index (χ3v) is 3.87. The molecule has 1 heteroatoms. The van der Waals surface area contributed by atoms with E-state index in [1.807, 2.05) is 0 Å². The van der Waals surface area contributed by atoms with Crippen molar-refractivity contribution in [1.29, 1.82) is 0 Å². The first kappa shape index (κ1) is 9.83. The Balaban J connectivity index is 1.92. The molecule has 1 saturated carbocycles. The number of Topliss-reactive ketones (excluding diaryl/α,β-unsaturated/α-hetero) is 1. The molecule has 1 fully saturated rings. The highest BCUT2D eigenvalue weighted by atomic mass is 16.1. The predicted octanol–water partition coefficient (Wildman–Crippen LogP) is 3.56. The molecule has 82 valence electrons. The fourth-order valence-electron chi connectivity index (χ4n) is 3.02. The number of rotatable bonds is 1. The van der Waals surface area contributed by atoms with Crippen LogP contribution in [0.25, 0.3) is 6.08 Å². The molecule has 0 spiro atoms. The van der Waals surface area contributed by atoms with E-state index in [4.69, 9.17) is 0 Å². The Morgan fingerprint density at radius 2 is 2.00 bits per heavy atom. The summed E-state index contributed by atoms with van der Waals surface area (Å²) in [5.41, 5.74) is 2.65. The maximum Gasteiger partial charge on any atom is 0.136 e. The fraction of sp³-hybridized carbons (Fsp3) is 0.400. The minimum atomic E-state index is 0.244. The second kappa shape index (κ2) is 3.89. The molecular formula is C15H16O. The second-order valence-corrected chi connectivity index (χ2v) is 4.83. The Morgan fingerprint density at radius 1 is 1.12 bits per heavy atom. The van der Waals surface area contributed by atoms with Gasteiger partial charge in [-0.05, 0) is 24.0 Å². The lowest BCUT2D eigenvalue weighted by molar-refractivity contribution is -0.124. The van der Waals surface area contributed by atoms with E-state index in [1.165, 1.54) is 17.5 Å². The molecule has 1 aromatic rings. The average Bonchev–Trinajstić information content (AvgIpc) is 2.74. The minimum Gasteiger partial charge on any atom is -0.299 e. The highest BCUT2D eigenvalue weighted by Gasteiger charge is 2.32. The summed E-state index contributed by atoms with van der Waals surface area (Å²) in [4.78, 5) is 12.0. The highest BCUT2D eigenvalue weighted by molar-refractivity contribution is 5.84. The molecule has 0 radical (unpaired) electrons. The molecule has 2 aliphatic rings. The summed E-state index contributed by atoms with van der Waals surface area (Å²) in [6, 6.07) is 8.45. The Bertz CT molecular complexity index is 445. The lowest BCUT2D eigenvalue weighted by Gasteiger charge is -2.26. The second-order valence-electron chi connectivity index (χ2n) is 4.83. The van der Waals surface area contributed by atoms with Crippen LogP contribution in [-0.4, -0.2) is 5.78 Å². The lowest BCUT2D eigenvalue weighted by Crippen LogP contribution is -2.24. The molecule has 2 aliphatic carbocycles. The van der Waals surface area contributed by atoms with Gasteiger partial charge < -0.3 is 0 Å². The van der Waals surface area contributed by atoms with Crippen molar-refractivity contribution in [2.24, 2.45) is 5.92 Å². The van der Waals surface area contributed by atoms with Crippen molar-refractivity contribution in [2.75, 3.05) is 0 Å². The van der Waals surface area contributed by atoms with Crippen LogP contribution in [0.4, 0.5) is 0 Å². The zero-order valence-corrected chi connectivity index (χ0v) is 9.36. The van der Waals surface area contributed by atoms with Crippen LogP contribution >= 0.6 is 0 Å². The first-order chi connectivity index (χ1) is 7.86. The molecule has 1 nitrogen and oxygen atoms in total. The third-order valence-electron chi connectivity index (χ3n) is 3.87. The van der Waals surface area contributed by atoms with Crippen molar-refractivity contribution in [2.45, 2.75) is 31.6 Å². The number of benzene rings is 1. The summed E-state index contributed by atoms with van der Waals surface area (Å²) < 4.78 is 0. The lowest BCUT2D eigenvalue weighted by atomic mass is 9.77. The Morgan fingerprint density at radius 3 is 2.88 bits per heavy atom. The molecule has 0 amide bonds. The molecule has 0 heterocycles. The molecule has 3 rings (SSSR count). The van der Waals surface area contributed by atoms with Gasteiger partial charge in [0.1, 0.15) is 5.78 Å². The van der Waals surface area contributed by atoms with Gasteiger partial charge in [0.15, 0.2) is 0 Å². The number of carbonyl (C=O) groups excluding carboxylic acids is 1. The topological polar surface area (TPSA) is 17.1 Å². The molecule has 1 aromatic carbocycles. The molecular weight excluding hydrogens is 196 g/mol. The summed E-state index contributed by atoms with van der Waals surface area (Å²) in [5.74, 6) is 1.07. The van der Waals surface area contributed by atoms with Crippen LogP contribution in [0.5, 0.6) is 0 Å². The van der Waals surface area contributed by atoms with Gasteiger partial charge in [-0.1, -0.05) is 42.8 Å². The van der Waals surface area contributed by atoms with Gasteiger partial charge in [-0.25, -0.2) is 0 Å². The van der Waals surface area contributed by atoms with Gasteiger partial charge in [-0.15, -0.1) is 0 Å². The molecule has 16 heavy (non-hydrogen) atoms. The van der Waals surface area contributed by atoms with Gasteiger partial charge in [0.2, 0.25) is 0 Å². The van der Waals surface area contributed by atoms with E-state index in [-0.39, 0.29) is 5.92 Å². The Labute approximate surface area is 96.2 Å². The van der Waals surface area contributed by atoms with Crippen molar-refractivity contribution in [3.8, 4) is 0 Å². The van der Waals surface area contributed by atoms with Gasteiger partial charge in [-0.2, -0.15) is 0 Å². The Kier molecular flexibility index (Phi) is 2.39. The van der Waals surface area contributed by atoms with Crippen LogP contribution in [0.15, 0.2) is 30.3 Å². The van der Waals surface area contributed by atoms with Crippen molar-refractivity contribution in [3.63, 3.8) is 0 Å². The zero-order chi connectivity index (χ0) is 11.0. The van der Waals surface area contributed by atoms with Crippen molar-refractivity contribution < 1.29 is 4.79 Å². The smallest absolute Gasteiger partial charge is 0.136 e. The van der Waals surface area contributed by atoms with Crippen LogP contribution in [0.3, 0.4) is 0 Å². The van der Waals surface area contributed by atoms with E-state index >= 15 is 0 Å². The van der Waals surface area contributed by atoms with Crippen molar-refractivity contribution >= 4 is 11.9 Å². The van der Waals surface area contributed by atoms with Gasteiger partial charge in [-0.3, -0.25) is 4.79 Å². The number of ketones is 1. The van der Waals surface area contributed by atoms with Gasteiger partial charge >= 0.3 is 0 Å². The summed E-state index contributed by atoms with van der Waals surface area (Å²) in [7, 11) is 0. The van der Waals surface area contributed by atoms with Gasteiger partial charge in [0, 0.05) is 18.3 Å². The standard InChI is InChI=1S/C15H16O/c16-15-8-4-3-7-14(15)13-10-9-11-5-1-2-6-12(11)13/h1-2,5-6,9-10,13-14H,3-4,7-8H2. The maximum absolute atomic E-state index is 12.0. The first-order valence-corrected chi connectivity index (χ1v) is 6.16. The van der Waals surface area contributed by atoms with E-state index in [2.05, 4.69) is 36.4 Å². The maximum atomic E-state index is 12.0.